The molecule has 0 aliphatic carbocycles. The lowest BCUT2D eigenvalue weighted by molar-refractivity contribution is -0.121. The van der Waals surface area contributed by atoms with E-state index in [0.29, 0.717) is 18.0 Å². The largest absolute Gasteiger partial charge is 0.482 e. The molecule has 0 spiro atoms. The number of rotatable bonds is 6. The molecule has 3 heterocycles. The number of hydrogen-bond acceptors (Lipinski definition) is 4. The minimum absolute atomic E-state index is 0.0446. The van der Waals surface area contributed by atoms with Gasteiger partial charge in [0, 0.05) is 35.9 Å². The van der Waals surface area contributed by atoms with Crippen molar-refractivity contribution in [3.63, 3.8) is 0 Å². The summed E-state index contributed by atoms with van der Waals surface area (Å²) in [6.45, 7) is 3.72. The van der Waals surface area contributed by atoms with Crippen molar-refractivity contribution in [1.82, 2.24) is 9.88 Å². The first-order valence-corrected chi connectivity index (χ1v) is 11.3. The fraction of sp³-hybridized carbons (Fsp3) is 0.360. The van der Waals surface area contributed by atoms with Crippen molar-refractivity contribution in [2.45, 2.75) is 25.7 Å². The summed E-state index contributed by atoms with van der Waals surface area (Å²) in [6, 6.07) is 13.4. The number of anilines is 2. The van der Waals surface area contributed by atoms with Crippen molar-refractivity contribution in [1.29, 1.82) is 0 Å². The Morgan fingerprint density at radius 3 is 2.78 bits per heavy atom. The number of likely N-dealkylation sites (tertiary alicyclic amines) is 1. The van der Waals surface area contributed by atoms with Crippen LogP contribution in [-0.2, 0) is 16.0 Å². The van der Waals surface area contributed by atoms with Crippen LogP contribution in [0.1, 0.15) is 24.8 Å². The lowest BCUT2D eigenvalue weighted by Gasteiger charge is -2.33. The third kappa shape index (κ3) is 4.34. The van der Waals surface area contributed by atoms with Crippen molar-refractivity contribution in [3.8, 4) is 5.75 Å². The number of aromatic amines is 1. The third-order valence-corrected chi connectivity index (χ3v) is 6.30. The van der Waals surface area contributed by atoms with Crippen LogP contribution in [0.4, 0.5) is 11.4 Å². The summed E-state index contributed by atoms with van der Waals surface area (Å²) in [5.74, 6) is 0.535. The lowest BCUT2D eigenvalue weighted by Crippen LogP contribution is -2.44. The Kier molecular flexibility index (Phi) is 5.81. The van der Waals surface area contributed by atoms with Gasteiger partial charge in [0.15, 0.2) is 6.61 Å². The summed E-state index contributed by atoms with van der Waals surface area (Å²) >= 11 is 0. The normalized spacial score (nSPS) is 16.6. The van der Waals surface area contributed by atoms with E-state index in [1.54, 1.807) is 4.90 Å². The summed E-state index contributed by atoms with van der Waals surface area (Å²) in [7, 11) is 0. The summed E-state index contributed by atoms with van der Waals surface area (Å²) < 4.78 is 5.63. The Morgan fingerprint density at radius 1 is 1.06 bits per heavy atom. The number of fused-ring (bicyclic) bond motifs is 2. The molecule has 7 heteroatoms. The number of carbonyl (C=O) groups is 2. The SMILES string of the molecule is O=C(Cc1c[nH]c2ccccc12)Nc1ccc2c(c1)N(CCN1CCCCC1)C(=O)CO2. The number of para-hydroxylation sites is 1. The van der Waals surface area contributed by atoms with Crippen LogP contribution in [0.5, 0.6) is 5.75 Å². The molecule has 2 N–H and O–H groups in total. The number of benzene rings is 2. The van der Waals surface area contributed by atoms with Gasteiger partial charge in [-0.2, -0.15) is 0 Å². The Labute approximate surface area is 187 Å². The van der Waals surface area contributed by atoms with E-state index in [0.717, 1.165) is 41.8 Å². The van der Waals surface area contributed by atoms with Crippen LogP contribution in [0.3, 0.4) is 0 Å². The van der Waals surface area contributed by atoms with E-state index in [4.69, 9.17) is 4.74 Å². The zero-order chi connectivity index (χ0) is 21.9. The number of nitrogens with zero attached hydrogens (tertiary/aromatic N) is 2. The van der Waals surface area contributed by atoms with E-state index in [-0.39, 0.29) is 24.8 Å². The molecule has 5 rings (SSSR count). The Bertz CT molecular complexity index is 1130. The van der Waals surface area contributed by atoms with Crippen molar-refractivity contribution < 1.29 is 14.3 Å². The summed E-state index contributed by atoms with van der Waals surface area (Å²) in [5, 5.41) is 4.03. The molecule has 1 fully saturated rings. The molecule has 3 aromatic rings. The van der Waals surface area contributed by atoms with Gasteiger partial charge in [-0.05, 0) is 55.8 Å². The van der Waals surface area contributed by atoms with Gasteiger partial charge >= 0.3 is 0 Å². The van der Waals surface area contributed by atoms with Crippen molar-refractivity contribution in [2.24, 2.45) is 0 Å². The number of hydrogen-bond donors (Lipinski definition) is 2. The Morgan fingerprint density at radius 2 is 1.91 bits per heavy atom. The van der Waals surface area contributed by atoms with Gasteiger partial charge in [0.05, 0.1) is 12.1 Å². The second-order valence-electron chi connectivity index (χ2n) is 8.50. The van der Waals surface area contributed by atoms with Gasteiger partial charge in [0.25, 0.3) is 5.91 Å². The van der Waals surface area contributed by atoms with Crippen molar-refractivity contribution >= 4 is 34.1 Å². The molecule has 2 aliphatic rings. The van der Waals surface area contributed by atoms with Gasteiger partial charge in [-0.15, -0.1) is 0 Å². The molecule has 2 amide bonds. The van der Waals surface area contributed by atoms with Gasteiger partial charge in [0.1, 0.15) is 5.75 Å². The van der Waals surface area contributed by atoms with Gasteiger partial charge in [-0.3, -0.25) is 9.59 Å². The highest BCUT2D eigenvalue weighted by Gasteiger charge is 2.26. The van der Waals surface area contributed by atoms with Crippen LogP contribution in [0, 0.1) is 0 Å². The first-order valence-electron chi connectivity index (χ1n) is 11.3. The van der Waals surface area contributed by atoms with Crippen LogP contribution in [-0.4, -0.2) is 54.5 Å². The maximum atomic E-state index is 12.7. The van der Waals surface area contributed by atoms with E-state index < -0.39 is 0 Å². The zero-order valence-corrected chi connectivity index (χ0v) is 18.1. The first kappa shape index (κ1) is 20.6. The highest BCUT2D eigenvalue weighted by Crippen LogP contribution is 2.34. The molecule has 32 heavy (non-hydrogen) atoms. The van der Waals surface area contributed by atoms with Crippen LogP contribution in [0.15, 0.2) is 48.7 Å². The summed E-state index contributed by atoms with van der Waals surface area (Å²) in [6.07, 6.45) is 5.89. The average Bonchev–Trinajstić information content (AvgIpc) is 3.22. The topological polar surface area (TPSA) is 77.7 Å². The number of ether oxygens (including phenoxy) is 1. The van der Waals surface area contributed by atoms with Gasteiger partial charge < -0.3 is 24.8 Å². The number of aromatic nitrogens is 1. The molecule has 0 radical (unpaired) electrons. The minimum atomic E-state index is -0.0994. The van der Waals surface area contributed by atoms with E-state index >= 15 is 0 Å². The Hall–Kier alpha value is -3.32. The maximum absolute atomic E-state index is 12.7. The standard InChI is InChI=1S/C25H28N4O3/c30-24(14-18-16-26-21-7-3-2-6-20(18)21)27-19-8-9-23-22(15-19)29(25(31)17-32-23)13-12-28-10-4-1-5-11-28/h2-3,6-9,15-16,26H,1,4-5,10-14,17H2,(H,27,30). The molecule has 1 saturated heterocycles. The number of carbonyl (C=O) groups excluding carboxylic acids is 2. The van der Waals surface area contributed by atoms with Crippen molar-refractivity contribution in [3.05, 3.63) is 54.2 Å². The molecule has 2 aliphatic heterocycles. The smallest absolute Gasteiger partial charge is 0.265 e. The fourth-order valence-corrected chi connectivity index (χ4v) is 4.61. The number of nitrogens with one attached hydrogen (secondary N) is 2. The molecule has 166 valence electrons. The highest BCUT2D eigenvalue weighted by molar-refractivity contribution is 6.00. The van der Waals surface area contributed by atoms with E-state index in [1.807, 2.05) is 48.7 Å². The van der Waals surface area contributed by atoms with E-state index in [9.17, 15) is 9.59 Å². The van der Waals surface area contributed by atoms with Crippen LogP contribution >= 0.6 is 0 Å². The van der Waals surface area contributed by atoms with E-state index in [2.05, 4.69) is 15.2 Å². The maximum Gasteiger partial charge on any atom is 0.265 e. The monoisotopic (exact) mass is 432 g/mol. The highest BCUT2D eigenvalue weighted by atomic mass is 16.5. The van der Waals surface area contributed by atoms with Crippen LogP contribution in [0.2, 0.25) is 0 Å². The fourth-order valence-electron chi connectivity index (χ4n) is 4.61. The van der Waals surface area contributed by atoms with Gasteiger partial charge in [-0.1, -0.05) is 24.6 Å². The predicted octanol–water partition coefficient (Wildman–Crippen LogP) is 3.56. The first-order chi connectivity index (χ1) is 15.7. The second kappa shape index (κ2) is 9.04. The molecule has 0 bridgehead atoms. The lowest BCUT2D eigenvalue weighted by atomic mass is 10.1. The third-order valence-electron chi connectivity index (χ3n) is 6.30. The molecule has 0 unspecified atom stereocenters. The number of piperidine rings is 1. The molecular formula is C25H28N4O3. The predicted molar refractivity (Wildman–Crippen MR) is 125 cm³/mol. The minimum Gasteiger partial charge on any atom is -0.482 e. The van der Waals surface area contributed by atoms with Gasteiger partial charge in [0.2, 0.25) is 5.91 Å². The summed E-state index contributed by atoms with van der Waals surface area (Å²) in [4.78, 5) is 32.7. The number of amides is 2. The average molecular weight is 433 g/mol. The second-order valence-corrected chi connectivity index (χ2v) is 8.50. The summed E-state index contributed by atoms with van der Waals surface area (Å²) in [5.41, 5.74) is 3.36. The Balaban J connectivity index is 1.28. The van der Waals surface area contributed by atoms with Crippen LogP contribution < -0.4 is 15.0 Å². The molecule has 7 nitrogen and oxygen atoms in total. The molecule has 0 atom stereocenters. The van der Waals surface area contributed by atoms with E-state index in [1.165, 1.54) is 19.3 Å². The van der Waals surface area contributed by atoms with Gasteiger partial charge in [-0.25, -0.2) is 0 Å². The molecule has 0 saturated carbocycles. The zero-order valence-electron chi connectivity index (χ0n) is 18.1. The number of H-pyrrole nitrogens is 1. The van der Waals surface area contributed by atoms with Crippen LogP contribution in [0.25, 0.3) is 10.9 Å². The molecule has 1 aromatic heterocycles. The molecule has 2 aromatic carbocycles. The quantitative estimate of drug-likeness (QED) is 0.624. The molecular weight excluding hydrogens is 404 g/mol. The van der Waals surface area contributed by atoms with Crippen molar-refractivity contribution in [2.75, 3.05) is 43.0 Å².